The number of hydrogen-bond donors (Lipinski definition) is 2. The van der Waals surface area contributed by atoms with Crippen molar-refractivity contribution in [2.45, 2.75) is 12.2 Å². The van der Waals surface area contributed by atoms with Gasteiger partial charge >= 0.3 is 23.7 Å². The molecule has 1 unspecified atom stereocenters. The lowest BCUT2D eigenvalue weighted by Gasteiger charge is -2.24. The molecule has 15 heavy (non-hydrogen) atoms. The predicted molar refractivity (Wildman–Crippen MR) is 45.9 cm³/mol. The molecule has 0 aliphatic carbocycles. The molecule has 0 bridgehead atoms. The minimum absolute atomic E-state index is 0.707. The van der Waals surface area contributed by atoms with Crippen LogP contribution in [0.3, 0.4) is 0 Å². The normalized spacial score (nSPS) is 13.7. The zero-order valence-corrected chi connectivity index (χ0v) is 7.93. The minimum atomic E-state index is -2.52. The second kappa shape index (κ2) is 5.11. The smallest absolute Gasteiger partial charge is 0.378 e. The number of carboxylic acids is 2. The molecule has 0 spiro atoms. The third kappa shape index (κ3) is 3.39. The summed E-state index contributed by atoms with van der Waals surface area (Å²) in [7, 11) is 0.924. The molecule has 0 saturated carbocycles. The maximum absolute atomic E-state index is 10.8. The summed E-state index contributed by atoms with van der Waals surface area (Å²) in [4.78, 5) is 31.9. The van der Waals surface area contributed by atoms with Crippen LogP contribution in [0.15, 0.2) is 12.7 Å². The van der Waals surface area contributed by atoms with Gasteiger partial charge in [-0.1, -0.05) is 6.58 Å². The first-order valence-corrected chi connectivity index (χ1v) is 3.73. The number of aliphatic carboxylic acids is 2. The standard InChI is InChI=1S/C8H10O7/c1-3-6(11)15-8(14-2,7(12)13)4-5(9)10/h3H,1,4H2,2H3,(H,9,10)(H,12,13). The van der Waals surface area contributed by atoms with Crippen molar-refractivity contribution in [3.63, 3.8) is 0 Å². The van der Waals surface area contributed by atoms with E-state index in [1.54, 1.807) is 0 Å². The average molecular weight is 218 g/mol. The molecule has 84 valence electrons. The third-order valence-corrected chi connectivity index (χ3v) is 1.47. The number of esters is 1. The molecule has 0 amide bonds. The summed E-state index contributed by atoms with van der Waals surface area (Å²) >= 11 is 0. The fraction of sp³-hybridized carbons (Fsp3) is 0.375. The number of ether oxygens (including phenoxy) is 2. The number of carboxylic acid groups (broad SMARTS) is 2. The Labute approximate surface area is 84.9 Å². The van der Waals surface area contributed by atoms with Crippen molar-refractivity contribution in [2.24, 2.45) is 0 Å². The summed E-state index contributed by atoms with van der Waals surface area (Å²) in [5.74, 6) is -6.78. The fourth-order valence-corrected chi connectivity index (χ4v) is 0.760. The average Bonchev–Trinajstić information content (AvgIpc) is 2.15. The molecule has 7 heteroatoms. The van der Waals surface area contributed by atoms with Crippen LogP contribution in [0.1, 0.15) is 6.42 Å². The Morgan fingerprint density at radius 1 is 1.40 bits per heavy atom. The summed E-state index contributed by atoms with van der Waals surface area (Å²) < 4.78 is 8.76. The summed E-state index contributed by atoms with van der Waals surface area (Å²) in [6, 6.07) is 0. The van der Waals surface area contributed by atoms with Gasteiger partial charge in [-0.2, -0.15) is 0 Å². The van der Waals surface area contributed by atoms with Gasteiger partial charge in [-0.15, -0.1) is 0 Å². The van der Waals surface area contributed by atoms with E-state index in [9.17, 15) is 14.4 Å². The lowest BCUT2D eigenvalue weighted by atomic mass is 10.2. The van der Waals surface area contributed by atoms with Gasteiger partial charge in [0.05, 0.1) is 0 Å². The Bertz CT molecular complexity index is 295. The number of carbonyl (C=O) groups excluding carboxylic acids is 1. The van der Waals surface area contributed by atoms with Gasteiger partial charge in [0, 0.05) is 13.2 Å². The van der Waals surface area contributed by atoms with E-state index in [0.717, 1.165) is 7.11 Å². The van der Waals surface area contributed by atoms with Gasteiger partial charge < -0.3 is 19.7 Å². The van der Waals surface area contributed by atoms with Gasteiger partial charge in [0.25, 0.3) is 0 Å². The Balaban J connectivity index is 4.96. The Morgan fingerprint density at radius 2 is 1.93 bits per heavy atom. The maximum atomic E-state index is 10.8. The highest BCUT2D eigenvalue weighted by Gasteiger charge is 2.45. The van der Waals surface area contributed by atoms with Crippen molar-refractivity contribution < 1.29 is 34.1 Å². The SMILES string of the molecule is C=CC(=O)OC(CC(=O)O)(OC)C(=O)O. The molecule has 0 aromatic heterocycles. The van der Waals surface area contributed by atoms with Crippen molar-refractivity contribution in [1.82, 2.24) is 0 Å². The molecule has 0 rings (SSSR count). The van der Waals surface area contributed by atoms with Crippen molar-refractivity contribution in [3.05, 3.63) is 12.7 Å². The highest BCUT2D eigenvalue weighted by Crippen LogP contribution is 2.18. The van der Waals surface area contributed by atoms with E-state index in [-0.39, 0.29) is 0 Å². The first kappa shape index (κ1) is 13.1. The van der Waals surface area contributed by atoms with Gasteiger partial charge in [0.1, 0.15) is 6.42 Å². The van der Waals surface area contributed by atoms with Crippen LogP contribution in [0, 0.1) is 0 Å². The van der Waals surface area contributed by atoms with Crippen molar-refractivity contribution in [2.75, 3.05) is 7.11 Å². The van der Waals surface area contributed by atoms with Crippen LogP contribution >= 0.6 is 0 Å². The molecule has 0 aromatic rings. The maximum Gasteiger partial charge on any atom is 0.378 e. The highest BCUT2D eigenvalue weighted by atomic mass is 16.7. The second-order valence-corrected chi connectivity index (χ2v) is 2.46. The molecule has 0 fully saturated rings. The first-order valence-electron chi connectivity index (χ1n) is 3.73. The van der Waals surface area contributed by atoms with Gasteiger partial charge in [-0.3, -0.25) is 4.79 Å². The molecule has 0 radical (unpaired) electrons. The zero-order chi connectivity index (χ0) is 12.1. The van der Waals surface area contributed by atoms with Crippen LogP contribution in [0.2, 0.25) is 0 Å². The summed E-state index contributed by atoms with van der Waals surface area (Å²) in [5.41, 5.74) is 0. The fourth-order valence-electron chi connectivity index (χ4n) is 0.760. The van der Waals surface area contributed by atoms with Crippen LogP contribution in [0.5, 0.6) is 0 Å². The van der Waals surface area contributed by atoms with Crippen molar-refractivity contribution in [1.29, 1.82) is 0 Å². The third-order valence-electron chi connectivity index (χ3n) is 1.47. The van der Waals surface area contributed by atoms with E-state index < -0.39 is 30.1 Å². The van der Waals surface area contributed by atoms with Crippen LogP contribution in [-0.4, -0.2) is 41.0 Å². The lowest BCUT2D eigenvalue weighted by Crippen LogP contribution is -2.46. The Hall–Kier alpha value is -1.89. The molecule has 0 aliphatic heterocycles. The number of methoxy groups -OCH3 is 1. The minimum Gasteiger partial charge on any atom is -0.481 e. The lowest BCUT2D eigenvalue weighted by molar-refractivity contribution is -0.232. The molecular formula is C8H10O7. The van der Waals surface area contributed by atoms with Crippen LogP contribution in [0.25, 0.3) is 0 Å². The first-order chi connectivity index (χ1) is 6.88. The molecule has 2 N–H and O–H groups in total. The highest BCUT2D eigenvalue weighted by molar-refractivity contribution is 5.88. The number of rotatable bonds is 6. The van der Waals surface area contributed by atoms with Crippen LogP contribution in [0.4, 0.5) is 0 Å². The summed E-state index contributed by atoms with van der Waals surface area (Å²) in [5, 5.41) is 17.2. The molecular weight excluding hydrogens is 208 g/mol. The van der Waals surface area contributed by atoms with Gasteiger partial charge in [-0.05, 0) is 0 Å². The van der Waals surface area contributed by atoms with Crippen molar-refractivity contribution >= 4 is 17.9 Å². The van der Waals surface area contributed by atoms with Gasteiger partial charge in [-0.25, -0.2) is 9.59 Å². The van der Waals surface area contributed by atoms with Gasteiger partial charge in [0.2, 0.25) is 0 Å². The molecule has 1 atom stereocenters. The van der Waals surface area contributed by atoms with Crippen LogP contribution in [-0.2, 0) is 23.9 Å². The van der Waals surface area contributed by atoms with Gasteiger partial charge in [0.15, 0.2) is 0 Å². The molecule has 0 heterocycles. The number of carbonyl (C=O) groups is 3. The summed E-state index contributed by atoms with van der Waals surface area (Å²) in [6.45, 7) is 3.05. The monoisotopic (exact) mass is 218 g/mol. The van der Waals surface area contributed by atoms with E-state index in [0.29, 0.717) is 6.08 Å². The zero-order valence-electron chi connectivity index (χ0n) is 7.93. The molecule has 0 saturated heterocycles. The van der Waals surface area contributed by atoms with E-state index in [4.69, 9.17) is 10.2 Å². The predicted octanol–water partition coefficient (Wildman–Crippen LogP) is -0.382. The van der Waals surface area contributed by atoms with Crippen molar-refractivity contribution in [3.8, 4) is 0 Å². The Kier molecular flexibility index (Phi) is 4.46. The summed E-state index contributed by atoms with van der Waals surface area (Å²) in [6.07, 6.45) is -0.295. The molecule has 0 aromatic carbocycles. The molecule has 7 nitrogen and oxygen atoms in total. The number of hydrogen-bond acceptors (Lipinski definition) is 5. The van der Waals surface area contributed by atoms with E-state index >= 15 is 0 Å². The quantitative estimate of drug-likeness (QED) is 0.355. The largest absolute Gasteiger partial charge is 0.481 e. The topological polar surface area (TPSA) is 110 Å². The molecule has 0 aliphatic rings. The van der Waals surface area contributed by atoms with E-state index in [1.165, 1.54) is 0 Å². The Morgan fingerprint density at radius 3 is 2.20 bits per heavy atom. The van der Waals surface area contributed by atoms with E-state index in [2.05, 4.69) is 16.1 Å². The van der Waals surface area contributed by atoms with E-state index in [1.807, 2.05) is 0 Å². The van der Waals surface area contributed by atoms with Crippen LogP contribution < -0.4 is 0 Å². The second-order valence-electron chi connectivity index (χ2n) is 2.46.